The van der Waals surface area contributed by atoms with Crippen molar-refractivity contribution in [1.82, 2.24) is 15.5 Å². The van der Waals surface area contributed by atoms with Gasteiger partial charge in [0.2, 0.25) is 17.8 Å². The maximum Gasteiger partial charge on any atom is 0.418 e. The molecule has 2 aromatic carbocycles. The summed E-state index contributed by atoms with van der Waals surface area (Å²) in [6, 6.07) is 7.90. The predicted octanol–water partition coefficient (Wildman–Crippen LogP) is 5.13. The Labute approximate surface area is 208 Å². The Kier molecular flexibility index (Phi) is 7.29. The fourth-order valence-corrected chi connectivity index (χ4v) is 4.19. The third-order valence-electron chi connectivity index (χ3n) is 5.54. The van der Waals surface area contributed by atoms with Crippen LogP contribution in [-0.4, -0.2) is 35.0 Å². The van der Waals surface area contributed by atoms with E-state index < -0.39 is 35.4 Å². The lowest BCUT2D eigenvalue weighted by molar-refractivity contribution is -0.137. The summed E-state index contributed by atoms with van der Waals surface area (Å²) in [7, 11) is 0. The number of fused-ring (bicyclic) bond motifs is 1. The molecule has 2 heterocycles. The lowest BCUT2D eigenvalue weighted by atomic mass is 9.98. The zero-order valence-corrected chi connectivity index (χ0v) is 20.0. The van der Waals surface area contributed by atoms with Gasteiger partial charge in [-0.2, -0.15) is 13.2 Å². The molecule has 0 fully saturated rings. The van der Waals surface area contributed by atoms with Gasteiger partial charge < -0.3 is 20.1 Å². The number of para-hydroxylation sites is 1. The molecular formula is C23H22F3N5O4S. The topological polar surface area (TPSA) is 114 Å². The molecule has 0 spiro atoms. The first kappa shape index (κ1) is 25.2. The van der Waals surface area contributed by atoms with E-state index in [2.05, 4.69) is 26.1 Å². The summed E-state index contributed by atoms with van der Waals surface area (Å²) in [5, 5.41) is 16.1. The Morgan fingerprint density at radius 2 is 1.83 bits per heavy atom. The van der Waals surface area contributed by atoms with Crippen molar-refractivity contribution >= 4 is 34.1 Å². The van der Waals surface area contributed by atoms with Gasteiger partial charge in [0.1, 0.15) is 11.0 Å². The van der Waals surface area contributed by atoms with Crippen molar-refractivity contribution in [3.05, 3.63) is 48.0 Å². The number of carbonyl (C=O) groups excluding carboxylic acids is 2. The second-order valence-electron chi connectivity index (χ2n) is 7.97. The minimum Gasteiger partial charge on any atom is -0.454 e. The van der Waals surface area contributed by atoms with Gasteiger partial charge in [-0.05, 0) is 36.2 Å². The quantitative estimate of drug-likeness (QED) is 0.397. The van der Waals surface area contributed by atoms with E-state index in [1.54, 1.807) is 25.1 Å². The molecule has 4 rings (SSSR count). The minimum absolute atomic E-state index is 0.135. The first-order chi connectivity index (χ1) is 17.2. The molecule has 0 bridgehead atoms. The Bertz CT molecular complexity index is 1270. The monoisotopic (exact) mass is 521 g/mol. The average molecular weight is 522 g/mol. The highest BCUT2D eigenvalue weighted by Crippen LogP contribution is 2.37. The fraction of sp³-hybridized carbons (Fsp3) is 0.304. The average Bonchev–Trinajstić information content (AvgIpc) is 3.50. The van der Waals surface area contributed by atoms with E-state index in [0.29, 0.717) is 22.9 Å². The number of ether oxygens (including phenoxy) is 2. The summed E-state index contributed by atoms with van der Waals surface area (Å²) in [6.45, 7) is 3.70. The molecule has 2 atom stereocenters. The zero-order chi connectivity index (χ0) is 25.9. The Hall–Kier alpha value is -3.87. The van der Waals surface area contributed by atoms with E-state index in [-0.39, 0.29) is 17.8 Å². The number of nitrogens with one attached hydrogen (secondary N) is 3. The van der Waals surface area contributed by atoms with E-state index in [1.807, 2.05) is 6.92 Å². The van der Waals surface area contributed by atoms with Gasteiger partial charge in [-0.3, -0.25) is 10.1 Å². The van der Waals surface area contributed by atoms with Gasteiger partial charge in [-0.15, -0.1) is 10.2 Å². The van der Waals surface area contributed by atoms with Crippen LogP contribution in [0, 0.1) is 5.92 Å². The molecule has 9 nitrogen and oxygen atoms in total. The van der Waals surface area contributed by atoms with Crippen LogP contribution < -0.4 is 25.4 Å². The van der Waals surface area contributed by atoms with Gasteiger partial charge in [0.05, 0.1) is 11.3 Å². The van der Waals surface area contributed by atoms with Gasteiger partial charge in [0.15, 0.2) is 11.5 Å². The molecule has 0 saturated carbocycles. The van der Waals surface area contributed by atoms with Crippen LogP contribution in [0.3, 0.4) is 0 Å². The van der Waals surface area contributed by atoms with Crippen LogP contribution in [-0.2, 0) is 11.0 Å². The molecule has 0 radical (unpaired) electrons. The fourth-order valence-electron chi connectivity index (χ4n) is 3.44. The van der Waals surface area contributed by atoms with Crippen molar-refractivity contribution in [1.29, 1.82) is 0 Å². The standard InChI is InChI=1S/C23H22F3N5O4S/c1-3-12(2)18(28-21(33)27-15-7-5-4-6-14(15)23(24,25)26)19(32)29-22-31-30-20(36-22)13-8-9-16-17(10-13)35-11-34-16/h4-10,12,18H,3,11H2,1-2H3,(H2,27,28,33)(H,29,31,32). The van der Waals surface area contributed by atoms with Crippen LogP contribution in [0.25, 0.3) is 10.6 Å². The van der Waals surface area contributed by atoms with Crippen molar-refractivity contribution in [2.75, 3.05) is 17.4 Å². The third-order valence-corrected chi connectivity index (χ3v) is 6.43. The minimum atomic E-state index is -4.65. The molecule has 1 aliphatic heterocycles. The zero-order valence-electron chi connectivity index (χ0n) is 19.2. The molecule has 0 aliphatic carbocycles. The van der Waals surface area contributed by atoms with E-state index in [4.69, 9.17) is 9.47 Å². The SMILES string of the molecule is CCC(C)C(NC(=O)Nc1ccccc1C(F)(F)F)C(=O)Nc1nnc(-c2ccc3c(c2)OCO3)s1. The van der Waals surface area contributed by atoms with Gasteiger partial charge in [-0.25, -0.2) is 4.79 Å². The van der Waals surface area contributed by atoms with E-state index in [0.717, 1.165) is 29.0 Å². The third kappa shape index (κ3) is 5.67. The summed E-state index contributed by atoms with van der Waals surface area (Å²) in [6.07, 6.45) is -4.12. The lowest BCUT2D eigenvalue weighted by Gasteiger charge is -2.23. The van der Waals surface area contributed by atoms with Crippen LogP contribution in [0.5, 0.6) is 11.5 Å². The Morgan fingerprint density at radius 1 is 1.08 bits per heavy atom. The molecule has 1 aliphatic rings. The molecule has 3 amide bonds. The summed E-state index contributed by atoms with van der Waals surface area (Å²) < 4.78 is 50.4. The summed E-state index contributed by atoms with van der Waals surface area (Å²) in [5.74, 6) is 0.301. The van der Waals surface area contributed by atoms with Crippen molar-refractivity contribution in [2.24, 2.45) is 5.92 Å². The number of benzene rings is 2. The van der Waals surface area contributed by atoms with Crippen LogP contribution in [0.15, 0.2) is 42.5 Å². The molecule has 2 unspecified atom stereocenters. The van der Waals surface area contributed by atoms with Crippen molar-refractivity contribution in [3.8, 4) is 22.1 Å². The number of nitrogens with zero attached hydrogens (tertiary/aromatic N) is 2. The van der Waals surface area contributed by atoms with Gasteiger partial charge in [-0.1, -0.05) is 43.7 Å². The first-order valence-corrected chi connectivity index (χ1v) is 11.8. The number of aromatic nitrogens is 2. The predicted molar refractivity (Wildman–Crippen MR) is 127 cm³/mol. The second-order valence-corrected chi connectivity index (χ2v) is 8.95. The van der Waals surface area contributed by atoms with Crippen molar-refractivity contribution in [3.63, 3.8) is 0 Å². The Morgan fingerprint density at radius 3 is 2.58 bits per heavy atom. The number of rotatable bonds is 7. The number of halogens is 3. The molecule has 13 heteroatoms. The van der Waals surface area contributed by atoms with Crippen LogP contribution in [0.4, 0.5) is 28.8 Å². The highest BCUT2D eigenvalue weighted by Gasteiger charge is 2.34. The van der Waals surface area contributed by atoms with E-state index in [1.165, 1.54) is 12.1 Å². The molecule has 36 heavy (non-hydrogen) atoms. The highest BCUT2D eigenvalue weighted by molar-refractivity contribution is 7.18. The van der Waals surface area contributed by atoms with Gasteiger partial charge in [0.25, 0.3) is 0 Å². The van der Waals surface area contributed by atoms with Crippen LogP contribution in [0.2, 0.25) is 0 Å². The maximum atomic E-state index is 13.2. The summed E-state index contributed by atoms with van der Waals surface area (Å²) >= 11 is 1.12. The first-order valence-electron chi connectivity index (χ1n) is 10.9. The number of urea groups is 1. The molecule has 3 N–H and O–H groups in total. The number of alkyl halides is 3. The number of amides is 3. The molecule has 190 valence electrons. The second kappa shape index (κ2) is 10.4. The van der Waals surface area contributed by atoms with E-state index >= 15 is 0 Å². The molecule has 1 aromatic heterocycles. The number of anilines is 2. The summed E-state index contributed by atoms with van der Waals surface area (Å²) in [4.78, 5) is 25.5. The van der Waals surface area contributed by atoms with Crippen molar-refractivity contribution < 1.29 is 32.2 Å². The number of carbonyl (C=O) groups is 2. The van der Waals surface area contributed by atoms with Gasteiger partial charge >= 0.3 is 12.2 Å². The molecule has 0 saturated heterocycles. The lowest BCUT2D eigenvalue weighted by Crippen LogP contribution is -2.49. The molecule has 3 aromatic rings. The number of hydrogen-bond acceptors (Lipinski definition) is 7. The summed E-state index contributed by atoms with van der Waals surface area (Å²) in [5.41, 5.74) is -0.686. The smallest absolute Gasteiger partial charge is 0.418 e. The maximum absolute atomic E-state index is 13.2. The largest absolute Gasteiger partial charge is 0.454 e. The van der Waals surface area contributed by atoms with Crippen molar-refractivity contribution in [2.45, 2.75) is 32.5 Å². The van der Waals surface area contributed by atoms with Gasteiger partial charge in [0, 0.05) is 5.56 Å². The highest BCUT2D eigenvalue weighted by atomic mass is 32.1. The Balaban J connectivity index is 1.45. The number of hydrogen-bond donors (Lipinski definition) is 3. The van der Waals surface area contributed by atoms with E-state index in [9.17, 15) is 22.8 Å². The van der Waals surface area contributed by atoms with Crippen LogP contribution >= 0.6 is 11.3 Å². The molecular weight excluding hydrogens is 499 g/mol. The normalized spacial score (nSPS) is 14.1. The van der Waals surface area contributed by atoms with Crippen LogP contribution in [0.1, 0.15) is 25.8 Å².